The lowest BCUT2D eigenvalue weighted by Gasteiger charge is -2.40. The molecular formula is C21H27N5O4S. The zero-order chi connectivity index (χ0) is 22.1. The average Bonchev–Trinajstić information content (AvgIpc) is 3.53. The third kappa shape index (κ3) is 4.22. The third-order valence-electron chi connectivity index (χ3n) is 5.90. The Balaban J connectivity index is 1.56. The van der Waals surface area contributed by atoms with E-state index < -0.39 is 14.6 Å². The molecule has 1 heterocycles. The predicted octanol–water partition coefficient (Wildman–Crippen LogP) is 2.19. The molecule has 2 aromatic rings. The van der Waals surface area contributed by atoms with Crippen molar-refractivity contribution in [3.05, 3.63) is 36.0 Å². The quantitative estimate of drug-likeness (QED) is 0.455. The molecule has 0 aliphatic heterocycles. The number of aliphatic hydroxyl groups is 1. The fraction of sp³-hybridized carbons (Fsp3) is 0.476. The second-order valence-corrected chi connectivity index (χ2v) is 10.7. The van der Waals surface area contributed by atoms with E-state index in [1.54, 1.807) is 30.3 Å². The Labute approximate surface area is 181 Å². The van der Waals surface area contributed by atoms with Crippen LogP contribution in [0.15, 0.2) is 30.3 Å². The van der Waals surface area contributed by atoms with Gasteiger partial charge in [0.2, 0.25) is 0 Å². The second-order valence-electron chi connectivity index (χ2n) is 8.13. The highest BCUT2D eigenvalue weighted by atomic mass is 32.2. The van der Waals surface area contributed by atoms with E-state index in [0.717, 1.165) is 19.3 Å². The van der Waals surface area contributed by atoms with Crippen LogP contribution in [-0.4, -0.2) is 47.9 Å². The molecule has 166 valence electrons. The number of aromatic nitrogens is 2. The van der Waals surface area contributed by atoms with Gasteiger partial charge in [0.15, 0.2) is 15.7 Å². The topological polar surface area (TPSA) is 147 Å². The van der Waals surface area contributed by atoms with Crippen molar-refractivity contribution in [2.24, 2.45) is 0 Å². The van der Waals surface area contributed by atoms with Crippen LogP contribution in [0.5, 0.6) is 0 Å². The molecule has 0 radical (unpaired) electrons. The highest BCUT2D eigenvalue weighted by Gasteiger charge is 2.57. The molecule has 2 fully saturated rings. The normalized spacial score (nSPS) is 17.6. The Morgan fingerprint density at radius 1 is 1.19 bits per heavy atom. The number of rotatable bonds is 8. The van der Waals surface area contributed by atoms with Crippen LogP contribution in [-0.2, 0) is 14.6 Å². The van der Waals surface area contributed by atoms with Crippen molar-refractivity contribution in [2.45, 2.75) is 48.5 Å². The fourth-order valence-corrected chi connectivity index (χ4v) is 6.52. The SMILES string of the molecule is Nc1cc(C2(S(=O)(=O)C3CC3)CCC2)nc(-c2ccc(NC(=O)NCCCO)cc2)n1. The lowest BCUT2D eigenvalue weighted by atomic mass is 9.81. The van der Waals surface area contributed by atoms with Crippen molar-refractivity contribution in [3.8, 4) is 11.4 Å². The molecule has 10 heteroatoms. The Kier molecular flexibility index (Phi) is 5.85. The maximum absolute atomic E-state index is 13.1. The van der Waals surface area contributed by atoms with Gasteiger partial charge in [0, 0.05) is 30.5 Å². The van der Waals surface area contributed by atoms with E-state index in [9.17, 15) is 13.2 Å². The smallest absolute Gasteiger partial charge is 0.319 e. The molecule has 1 aromatic heterocycles. The van der Waals surface area contributed by atoms with E-state index in [-0.39, 0.29) is 23.7 Å². The van der Waals surface area contributed by atoms with E-state index in [1.807, 2.05) is 0 Å². The first-order chi connectivity index (χ1) is 14.9. The highest BCUT2D eigenvalue weighted by molar-refractivity contribution is 7.93. The third-order valence-corrected chi connectivity index (χ3v) is 8.96. The minimum Gasteiger partial charge on any atom is -0.396 e. The summed E-state index contributed by atoms with van der Waals surface area (Å²) in [5.41, 5.74) is 7.78. The second kappa shape index (κ2) is 8.43. The maximum Gasteiger partial charge on any atom is 0.319 e. The molecule has 1 aromatic carbocycles. The summed E-state index contributed by atoms with van der Waals surface area (Å²) in [6.07, 6.45) is 3.91. The van der Waals surface area contributed by atoms with Crippen LogP contribution in [0.4, 0.5) is 16.3 Å². The van der Waals surface area contributed by atoms with Crippen molar-refractivity contribution in [2.75, 3.05) is 24.2 Å². The molecule has 0 atom stereocenters. The van der Waals surface area contributed by atoms with Crippen molar-refractivity contribution in [1.29, 1.82) is 0 Å². The Bertz CT molecular complexity index is 1060. The van der Waals surface area contributed by atoms with Gasteiger partial charge >= 0.3 is 6.03 Å². The number of aliphatic hydroxyl groups excluding tert-OH is 1. The molecule has 0 saturated heterocycles. The summed E-state index contributed by atoms with van der Waals surface area (Å²) in [6.45, 7) is 0.395. The standard InChI is InChI=1S/C21H27N5O4S/c22-18-13-17(21(9-1-10-21)31(29,30)16-7-8-16)25-19(26-18)14-3-5-15(6-4-14)24-20(28)23-11-2-12-27/h3-6,13,16,27H,1-2,7-12H2,(H2,22,25,26)(H2,23,24,28). The number of nitrogens with one attached hydrogen (secondary N) is 2. The van der Waals surface area contributed by atoms with Crippen molar-refractivity contribution >= 4 is 27.4 Å². The van der Waals surface area contributed by atoms with Crippen LogP contribution in [0.1, 0.15) is 44.2 Å². The first-order valence-electron chi connectivity index (χ1n) is 10.5. The van der Waals surface area contributed by atoms with Gasteiger partial charge in [0.05, 0.1) is 10.9 Å². The maximum atomic E-state index is 13.1. The van der Waals surface area contributed by atoms with Gasteiger partial charge in [0.25, 0.3) is 0 Å². The lowest BCUT2D eigenvalue weighted by molar-refractivity contribution is 0.249. The van der Waals surface area contributed by atoms with Gasteiger partial charge in [-0.1, -0.05) is 0 Å². The molecule has 2 aliphatic rings. The monoisotopic (exact) mass is 445 g/mol. The van der Waals surface area contributed by atoms with Crippen molar-refractivity contribution < 1.29 is 18.3 Å². The summed E-state index contributed by atoms with van der Waals surface area (Å²) in [5.74, 6) is 0.606. The van der Waals surface area contributed by atoms with Crippen LogP contribution >= 0.6 is 0 Å². The van der Waals surface area contributed by atoms with Gasteiger partial charge in [-0.25, -0.2) is 23.2 Å². The molecule has 0 unspecified atom stereocenters. The molecule has 0 bridgehead atoms. The summed E-state index contributed by atoms with van der Waals surface area (Å²) >= 11 is 0. The van der Waals surface area contributed by atoms with Crippen LogP contribution in [0.2, 0.25) is 0 Å². The predicted molar refractivity (Wildman–Crippen MR) is 118 cm³/mol. The molecule has 31 heavy (non-hydrogen) atoms. The number of nitrogens with two attached hydrogens (primary N) is 1. The Hall–Kier alpha value is -2.72. The molecule has 2 saturated carbocycles. The van der Waals surface area contributed by atoms with Gasteiger partial charge in [-0.2, -0.15) is 0 Å². The van der Waals surface area contributed by atoms with Crippen LogP contribution in [0, 0.1) is 0 Å². The van der Waals surface area contributed by atoms with Crippen LogP contribution < -0.4 is 16.4 Å². The number of carbonyl (C=O) groups excluding carboxylic acids is 1. The highest BCUT2D eigenvalue weighted by Crippen LogP contribution is 2.53. The first-order valence-corrected chi connectivity index (χ1v) is 12.0. The van der Waals surface area contributed by atoms with E-state index in [4.69, 9.17) is 10.8 Å². The summed E-state index contributed by atoms with van der Waals surface area (Å²) in [5, 5.41) is 13.9. The minimum atomic E-state index is -3.31. The molecule has 4 rings (SSSR count). The number of amides is 2. The number of nitrogen functional groups attached to an aromatic ring is 1. The number of nitrogens with zero attached hydrogens (tertiary/aromatic N) is 2. The molecule has 9 nitrogen and oxygen atoms in total. The van der Waals surface area contributed by atoms with E-state index in [2.05, 4.69) is 20.6 Å². The minimum absolute atomic E-state index is 0.0143. The zero-order valence-corrected chi connectivity index (χ0v) is 18.0. The number of hydrogen-bond donors (Lipinski definition) is 4. The lowest BCUT2D eigenvalue weighted by Crippen LogP contribution is -2.45. The summed E-state index contributed by atoms with van der Waals surface area (Å²) in [4.78, 5) is 20.8. The number of anilines is 2. The Morgan fingerprint density at radius 3 is 2.48 bits per heavy atom. The molecule has 0 spiro atoms. The van der Waals surface area contributed by atoms with Crippen molar-refractivity contribution in [1.82, 2.24) is 15.3 Å². The molecule has 5 N–H and O–H groups in total. The van der Waals surface area contributed by atoms with Gasteiger partial charge in [-0.3, -0.25) is 0 Å². The van der Waals surface area contributed by atoms with Gasteiger partial charge in [-0.15, -0.1) is 0 Å². The van der Waals surface area contributed by atoms with Gasteiger partial charge in [-0.05, 0) is 62.8 Å². The fourth-order valence-electron chi connectivity index (χ4n) is 3.87. The zero-order valence-electron chi connectivity index (χ0n) is 17.2. The number of sulfone groups is 1. The average molecular weight is 446 g/mol. The van der Waals surface area contributed by atoms with E-state index >= 15 is 0 Å². The summed E-state index contributed by atoms with van der Waals surface area (Å²) < 4.78 is 25.3. The Morgan fingerprint density at radius 2 is 1.90 bits per heavy atom. The van der Waals surface area contributed by atoms with Crippen LogP contribution in [0.3, 0.4) is 0 Å². The molecular weight excluding hydrogens is 418 g/mol. The van der Waals surface area contributed by atoms with E-state index in [0.29, 0.717) is 48.6 Å². The number of hydrogen-bond acceptors (Lipinski definition) is 7. The van der Waals surface area contributed by atoms with Gasteiger partial charge < -0.3 is 21.5 Å². The number of benzene rings is 1. The number of carbonyl (C=O) groups is 1. The summed E-state index contributed by atoms with van der Waals surface area (Å²) in [7, 11) is -3.31. The number of urea groups is 1. The van der Waals surface area contributed by atoms with Crippen LogP contribution in [0.25, 0.3) is 11.4 Å². The molecule has 2 amide bonds. The van der Waals surface area contributed by atoms with Crippen molar-refractivity contribution in [3.63, 3.8) is 0 Å². The first kappa shape index (κ1) is 21.5. The summed E-state index contributed by atoms with van der Waals surface area (Å²) in [6, 6.07) is 8.17. The molecule has 2 aliphatic carbocycles. The van der Waals surface area contributed by atoms with Gasteiger partial charge in [0.1, 0.15) is 10.6 Å². The largest absolute Gasteiger partial charge is 0.396 e. The van der Waals surface area contributed by atoms with E-state index in [1.165, 1.54) is 0 Å².